The number of hydrogen-bond acceptors (Lipinski definition) is 18. The third kappa shape index (κ3) is 10.6. The highest BCUT2D eigenvalue weighted by Crippen LogP contribution is 2.66. The molecule has 20 fully saturated rings. The lowest BCUT2D eigenvalue weighted by atomic mass is 9.56. The molecule has 18 nitrogen and oxygen atoms in total. The number of fused-ring (bicyclic) bond motifs is 8. The molecule has 92 heavy (non-hydrogen) atoms. The number of nitrogens with zero attached hydrogens (tertiary/aromatic N) is 2. The third-order valence-corrected chi connectivity index (χ3v) is 30.0. The van der Waals surface area contributed by atoms with Gasteiger partial charge in [0, 0.05) is 112 Å². The van der Waals surface area contributed by atoms with Gasteiger partial charge in [-0.1, -0.05) is 55.4 Å². The van der Waals surface area contributed by atoms with Crippen LogP contribution in [0.2, 0.25) is 0 Å². The van der Waals surface area contributed by atoms with E-state index < -0.39 is 22.4 Å². The third-order valence-electron chi connectivity index (χ3n) is 30.0. The maximum Gasteiger partial charge on any atom is 0.161 e. The van der Waals surface area contributed by atoms with Crippen molar-refractivity contribution in [3.63, 3.8) is 0 Å². The van der Waals surface area contributed by atoms with Crippen molar-refractivity contribution in [2.75, 3.05) is 65.7 Å². The molecule has 0 aromatic heterocycles. The van der Waals surface area contributed by atoms with E-state index in [1.165, 1.54) is 25.7 Å². The lowest BCUT2D eigenvalue weighted by Gasteiger charge is -2.61. The summed E-state index contributed by atoms with van der Waals surface area (Å²) in [5.74, 6) is 5.76. The van der Waals surface area contributed by atoms with Gasteiger partial charge in [-0.3, -0.25) is 9.80 Å². The highest BCUT2D eigenvalue weighted by atomic mass is 17.2. The highest BCUT2D eigenvalue weighted by molar-refractivity contribution is 5.18. The molecule has 0 N–H and O–H groups in total. The van der Waals surface area contributed by atoms with E-state index in [2.05, 4.69) is 92.9 Å². The van der Waals surface area contributed by atoms with Crippen LogP contribution in [0.3, 0.4) is 0 Å². The van der Waals surface area contributed by atoms with Crippen LogP contribution >= 0.6 is 0 Å². The molecule has 0 aromatic rings. The second kappa shape index (κ2) is 24.5. The summed E-state index contributed by atoms with van der Waals surface area (Å²) >= 11 is 0. The summed E-state index contributed by atoms with van der Waals surface area (Å²) in [5, 5.41) is 0. The van der Waals surface area contributed by atoms with Crippen molar-refractivity contribution in [3.8, 4) is 0 Å². The number of rotatable bonds is 19. The van der Waals surface area contributed by atoms with E-state index in [9.17, 15) is 0 Å². The van der Waals surface area contributed by atoms with Crippen LogP contribution < -0.4 is 0 Å². The van der Waals surface area contributed by atoms with Crippen LogP contribution in [0.15, 0.2) is 0 Å². The molecule has 0 amide bonds. The second-order valence-corrected chi connectivity index (χ2v) is 35.5. The molecule has 20 aliphatic rings. The summed E-state index contributed by atoms with van der Waals surface area (Å²) in [6.45, 7) is 34.5. The molecule has 12 saturated heterocycles. The average molecular weight is 1290 g/mol. The molecule has 8 bridgehead atoms. The first-order chi connectivity index (χ1) is 44.1. The monoisotopic (exact) mass is 1290 g/mol. The highest BCUT2D eigenvalue weighted by Gasteiger charge is 2.73. The Morgan fingerprint density at radius 1 is 0.283 bits per heavy atom. The van der Waals surface area contributed by atoms with Crippen LogP contribution in [-0.4, -0.2) is 170 Å². The zero-order valence-corrected chi connectivity index (χ0v) is 58.5. The van der Waals surface area contributed by atoms with Gasteiger partial charge in [0.2, 0.25) is 0 Å². The molecular weight excluding hydrogens is 1170 g/mol. The Morgan fingerprint density at radius 3 is 0.739 bits per heavy atom. The fraction of sp³-hybridized carbons (Fsp3) is 1.00. The Hall–Kier alpha value is -0.720. The van der Waals surface area contributed by atoms with Gasteiger partial charge in [0.25, 0.3) is 0 Å². The molecule has 12 aliphatic heterocycles. The van der Waals surface area contributed by atoms with Crippen LogP contribution in [0.1, 0.15) is 212 Å². The van der Waals surface area contributed by atoms with E-state index in [1.807, 2.05) is 0 Å². The van der Waals surface area contributed by atoms with Gasteiger partial charge < -0.3 is 37.9 Å². The van der Waals surface area contributed by atoms with Gasteiger partial charge in [0.15, 0.2) is 25.2 Å². The van der Waals surface area contributed by atoms with E-state index in [-0.39, 0.29) is 95.7 Å². The minimum atomic E-state index is -0.426. The SMILES string of the molecule is C[C@@H]1CC[C@H]2[C@@H](C)C(OCCN(CCOC3O[C@@H]4CC5(C)CC[C@H]6[C@H](C)CC[C@@H]([C@H]3C)[C@@]46OO5)CCN(CCOC3O[C@@H]4CC5(C)CC[C@H]6[C@H](C)CC[C@@H]([C@H]3C)[C@@]46OO5)CCOC3O[C@@H]4CC5(C)CC[C@H]6[C@H](C)CC[C@@H]([C@H]3C)[C@@]46OO5)O[C@@H]3CC4(C)CC[C@@H]1[C@]32OO4. The quantitative estimate of drug-likeness (QED) is 0.113. The summed E-state index contributed by atoms with van der Waals surface area (Å²) in [4.78, 5) is 57.3. The lowest BCUT2D eigenvalue weighted by molar-refractivity contribution is -0.496. The maximum absolute atomic E-state index is 7.21. The molecule has 0 aromatic carbocycles. The summed E-state index contributed by atoms with van der Waals surface area (Å²) < 4.78 is 57.1. The molecular formula is C74H120N2O16. The van der Waals surface area contributed by atoms with Crippen LogP contribution in [0, 0.1) is 94.7 Å². The molecule has 8 aliphatic carbocycles. The zero-order chi connectivity index (χ0) is 63.5. The standard InChI is InChI=1S/C74H120N2O16/c1-43-13-17-55-47(5)63(81-59-39-67(9)25-21-51(43)71(55,59)89-85-67)77-35-31-75(32-36-78-64-48(6)56-18-14-44(2)52-22-26-68(10)40-60(82-64)72(52,56)90-86-68)29-30-76(33-37-79-65-49(7)57-19-15-45(3)53-23-27-69(11)41-61(83-65)73(53,57)91-87-69)34-38-80-66-50(8)58-20-16-46(4)54-24-28-70(12)42-62(84-66)74(54,58)92-88-70/h43-66H,13-42H2,1-12H3/t43-,44-,45-,46-,47-,48-,49-,50-,51+,52+,53+,54+,55+,56+,57+,58+,59-,60-,61-,62-,63?,64?,65?,66?,67?,68?,69?,70?,71-,72-,73-,74-/m1/s1. The Balaban J connectivity index is 0.634. The Morgan fingerprint density at radius 2 is 0.511 bits per heavy atom. The van der Waals surface area contributed by atoms with Crippen molar-refractivity contribution in [3.05, 3.63) is 0 Å². The fourth-order valence-electron chi connectivity index (χ4n) is 24.6. The van der Waals surface area contributed by atoms with Crippen molar-refractivity contribution >= 4 is 0 Å². The van der Waals surface area contributed by atoms with Crippen LogP contribution in [0.25, 0.3) is 0 Å². The molecule has 4 spiro atoms. The molecule has 20 rings (SSSR count). The molecule has 522 valence electrons. The Labute approximate surface area is 550 Å². The molecule has 8 unspecified atom stereocenters. The first-order valence-corrected chi connectivity index (χ1v) is 38.1. The van der Waals surface area contributed by atoms with Crippen molar-refractivity contribution in [2.45, 2.75) is 306 Å². The Kier molecular flexibility index (Phi) is 17.6. The van der Waals surface area contributed by atoms with Gasteiger partial charge in [-0.15, -0.1) is 0 Å². The maximum atomic E-state index is 7.21. The summed E-state index contributed by atoms with van der Waals surface area (Å²) in [6, 6.07) is 0. The van der Waals surface area contributed by atoms with E-state index in [0.717, 1.165) is 142 Å². The topological polar surface area (TPSA) is 154 Å². The predicted octanol–water partition coefficient (Wildman–Crippen LogP) is 12.3. The molecule has 12 heterocycles. The number of ether oxygens (including phenoxy) is 8. The average Bonchev–Trinajstić information content (AvgIpc) is 1.34. The van der Waals surface area contributed by atoms with Crippen molar-refractivity contribution in [1.29, 1.82) is 0 Å². The smallest absolute Gasteiger partial charge is 0.161 e. The van der Waals surface area contributed by atoms with E-state index in [1.54, 1.807) is 0 Å². The summed E-state index contributed by atoms with van der Waals surface area (Å²) in [7, 11) is 0. The number of hydrogen-bond donors (Lipinski definition) is 0. The van der Waals surface area contributed by atoms with Crippen LogP contribution in [0.4, 0.5) is 0 Å². The van der Waals surface area contributed by atoms with Crippen molar-refractivity contribution in [2.24, 2.45) is 94.7 Å². The van der Waals surface area contributed by atoms with Crippen LogP contribution in [-0.2, 0) is 77.0 Å². The predicted molar refractivity (Wildman–Crippen MR) is 338 cm³/mol. The molecule has 8 saturated carbocycles. The van der Waals surface area contributed by atoms with E-state index >= 15 is 0 Å². The van der Waals surface area contributed by atoms with Gasteiger partial charge >= 0.3 is 0 Å². The summed E-state index contributed by atoms with van der Waals surface area (Å²) in [6.07, 6.45) is 19.4. The molecule has 32 atom stereocenters. The van der Waals surface area contributed by atoms with Gasteiger partial charge in [-0.2, -0.15) is 0 Å². The first kappa shape index (κ1) is 65.9. The van der Waals surface area contributed by atoms with Gasteiger partial charge in [-0.25, -0.2) is 39.1 Å². The van der Waals surface area contributed by atoms with Crippen molar-refractivity contribution < 1.29 is 77.0 Å². The van der Waals surface area contributed by atoms with Gasteiger partial charge in [-0.05, 0) is 178 Å². The Bertz CT molecular complexity index is 2290. The van der Waals surface area contributed by atoms with Crippen molar-refractivity contribution in [1.82, 2.24) is 9.80 Å². The zero-order valence-electron chi connectivity index (χ0n) is 58.5. The van der Waals surface area contributed by atoms with Gasteiger partial charge in [0.1, 0.15) is 44.8 Å². The normalized spacial score (nSPS) is 56.0. The fourth-order valence-corrected chi connectivity index (χ4v) is 24.6. The van der Waals surface area contributed by atoms with Crippen LogP contribution in [0.5, 0.6) is 0 Å². The molecule has 0 radical (unpaired) electrons. The first-order valence-electron chi connectivity index (χ1n) is 38.1. The van der Waals surface area contributed by atoms with E-state index in [4.69, 9.17) is 77.0 Å². The molecule has 18 heteroatoms. The summed E-state index contributed by atoms with van der Waals surface area (Å²) in [5.41, 5.74) is -3.12. The largest absolute Gasteiger partial charge is 0.351 e. The second-order valence-electron chi connectivity index (χ2n) is 35.5. The lowest BCUT2D eigenvalue weighted by Crippen LogP contribution is -2.69. The van der Waals surface area contributed by atoms with Gasteiger partial charge in [0.05, 0.1) is 50.8 Å². The minimum Gasteiger partial charge on any atom is -0.351 e. The minimum absolute atomic E-state index is 0.0636. The van der Waals surface area contributed by atoms with E-state index in [0.29, 0.717) is 97.4 Å².